The van der Waals surface area contributed by atoms with Crippen molar-refractivity contribution < 1.29 is 4.79 Å². The second-order valence-electron chi connectivity index (χ2n) is 7.00. The maximum Gasteiger partial charge on any atom is 0.262 e. The predicted molar refractivity (Wildman–Crippen MR) is 114 cm³/mol. The van der Waals surface area contributed by atoms with Crippen molar-refractivity contribution in [1.82, 2.24) is 14.5 Å². The van der Waals surface area contributed by atoms with Gasteiger partial charge in [0.15, 0.2) is 5.78 Å². The van der Waals surface area contributed by atoms with Gasteiger partial charge < -0.3 is 4.90 Å². The van der Waals surface area contributed by atoms with Crippen molar-refractivity contribution in [3.8, 4) is 0 Å². The fourth-order valence-electron chi connectivity index (χ4n) is 3.35. The fraction of sp³-hybridized carbons (Fsp3) is 0.571. The van der Waals surface area contributed by atoms with Crippen LogP contribution in [0.25, 0.3) is 10.2 Å². The number of rotatable bonds is 1. The van der Waals surface area contributed by atoms with Gasteiger partial charge in [0.1, 0.15) is 10.7 Å². The highest BCUT2D eigenvalue weighted by Gasteiger charge is 2.33. The molecule has 0 bridgehead atoms. The molecular weight excluding hydrogens is 358 g/mol. The summed E-state index contributed by atoms with van der Waals surface area (Å²) in [4.78, 5) is 33.0. The second-order valence-corrected chi connectivity index (χ2v) is 8.00. The summed E-state index contributed by atoms with van der Waals surface area (Å²) >= 11 is 1.42. The van der Waals surface area contributed by atoms with E-state index in [2.05, 4.69) is 11.6 Å². The van der Waals surface area contributed by atoms with Gasteiger partial charge in [0, 0.05) is 33.0 Å². The van der Waals surface area contributed by atoms with Crippen LogP contribution in [0.1, 0.15) is 61.1 Å². The molecule has 3 heterocycles. The molecule has 1 unspecified atom stereocenters. The Morgan fingerprint density at radius 1 is 1.22 bits per heavy atom. The normalized spacial score (nSPS) is 17.7. The zero-order chi connectivity index (χ0) is 20.1. The number of hydrogen-bond donors (Lipinski definition) is 0. The standard InChI is InChI=1S/C15H16N2O2S.C4H9N.C2H6/c1-8-7-9-11-14(20-13(9)12(8)18)16-10-5-3-2-4-6-17(10)15(11)19;1-4-5(2)3;1-2/h8H,2-7H2,1H3;4H,1H2,2-3H3;1-2H3. The smallest absolute Gasteiger partial charge is 0.262 e. The third kappa shape index (κ3) is 4.32. The molecule has 0 N–H and O–H groups in total. The molecule has 6 heteroatoms. The van der Waals surface area contributed by atoms with E-state index in [1.54, 1.807) is 6.20 Å². The zero-order valence-electron chi connectivity index (χ0n) is 17.2. The third-order valence-electron chi connectivity index (χ3n) is 4.82. The van der Waals surface area contributed by atoms with E-state index in [1.807, 2.05) is 44.3 Å². The largest absolute Gasteiger partial charge is 0.384 e. The van der Waals surface area contributed by atoms with Gasteiger partial charge in [-0.1, -0.05) is 33.8 Å². The SMILES string of the molecule is C=CN(C)C.CC.CC1Cc2c(sc3nc4n(c(=O)c23)CCCCC4)C1=O. The number of aromatic nitrogens is 2. The second kappa shape index (κ2) is 9.31. The summed E-state index contributed by atoms with van der Waals surface area (Å²) in [6.07, 6.45) is 6.62. The minimum atomic E-state index is 0.0175. The van der Waals surface area contributed by atoms with Gasteiger partial charge in [-0.15, -0.1) is 11.3 Å². The Morgan fingerprint density at radius 2 is 1.89 bits per heavy atom. The first-order valence-corrected chi connectivity index (χ1v) is 10.6. The Balaban J connectivity index is 0.000000327. The number of ketones is 1. The average Bonchev–Trinajstić information content (AvgIpc) is 3.02. The molecule has 2 aliphatic rings. The van der Waals surface area contributed by atoms with Crippen LogP contribution in [-0.2, 0) is 19.4 Å². The summed E-state index contributed by atoms with van der Waals surface area (Å²) in [7, 11) is 3.88. The lowest BCUT2D eigenvalue weighted by atomic mass is 10.1. The van der Waals surface area contributed by atoms with Crippen LogP contribution in [0.15, 0.2) is 17.6 Å². The molecule has 27 heavy (non-hydrogen) atoms. The number of thiophene rings is 1. The molecular formula is C21H31N3O2S. The van der Waals surface area contributed by atoms with Crippen molar-refractivity contribution in [3.05, 3.63) is 39.4 Å². The zero-order valence-corrected chi connectivity index (χ0v) is 18.0. The lowest BCUT2D eigenvalue weighted by Crippen LogP contribution is -2.24. The van der Waals surface area contributed by atoms with Crippen LogP contribution < -0.4 is 5.56 Å². The van der Waals surface area contributed by atoms with E-state index in [4.69, 9.17) is 0 Å². The number of aryl methyl sites for hydroxylation is 1. The maximum atomic E-state index is 12.8. The number of carbonyl (C=O) groups is 1. The molecule has 4 rings (SSSR count). The third-order valence-corrected chi connectivity index (χ3v) is 5.96. The number of fused-ring (bicyclic) bond motifs is 4. The Bertz CT molecular complexity index is 880. The van der Waals surface area contributed by atoms with Gasteiger partial charge in [-0.05, 0) is 31.0 Å². The molecule has 1 aliphatic carbocycles. The van der Waals surface area contributed by atoms with E-state index in [1.165, 1.54) is 11.3 Å². The Hall–Kier alpha value is -1.95. The molecule has 0 aromatic carbocycles. The molecule has 1 aliphatic heterocycles. The van der Waals surface area contributed by atoms with Crippen molar-refractivity contribution in [2.75, 3.05) is 14.1 Å². The van der Waals surface area contributed by atoms with E-state index in [0.29, 0.717) is 11.8 Å². The van der Waals surface area contributed by atoms with Gasteiger partial charge in [-0.25, -0.2) is 4.98 Å². The van der Waals surface area contributed by atoms with Crippen LogP contribution in [0.2, 0.25) is 0 Å². The molecule has 5 nitrogen and oxygen atoms in total. The number of carbonyl (C=O) groups excluding carboxylic acids is 1. The molecule has 148 valence electrons. The quantitative estimate of drug-likeness (QED) is 0.731. The van der Waals surface area contributed by atoms with Crippen molar-refractivity contribution in [1.29, 1.82) is 0 Å². The lowest BCUT2D eigenvalue weighted by Gasteiger charge is -2.08. The van der Waals surface area contributed by atoms with E-state index in [-0.39, 0.29) is 17.3 Å². The fourth-order valence-corrected chi connectivity index (χ4v) is 4.62. The van der Waals surface area contributed by atoms with Crippen LogP contribution in [-0.4, -0.2) is 34.3 Å². The van der Waals surface area contributed by atoms with E-state index in [0.717, 1.165) is 53.3 Å². The van der Waals surface area contributed by atoms with Crippen LogP contribution in [0.3, 0.4) is 0 Å². The summed E-state index contributed by atoms with van der Waals surface area (Å²) in [6, 6.07) is 0. The summed E-state index contributed by atoms with van der Waals surface area (Å²) in [5.74, 6) is 1.10. The average molecular weight is 390 g/mol. The molecule has 2 aromatic heterocycles. The minimum Gasteiger partial charge on any atom is -0.384 e. The van der Waals surface area contributed by atoms with Crippen LogP contribution in [0, 0.1) is 5.92 Å². The Labute approximate surface area is 165 Å². The first-order valence-electron chi connectivity index (χ1n) is 9.82. The summed E-state index contributed by atoms with van der Waals surface area (Å²) in [5.41, 5.74) is 1.03. The molecule has 2 aromatic rings. The molecule has 0 amide bonds. The number of hydrogen-bond acceptors (Lipinski definition) is 5. The number of nitrogens with zero attached hydrogens (tertiary/aromatic N) is 3. The van der Waals surface area contributed by atoms with Gasteiger partial charge in [-0.3, -0.25) is 14.2 Å². The van der Waals surface area contributed by atoms with Gasteiger partial charge in [-0.2, -0.15) is 0 Å². The molecule has 0 saturated heterocycles. The Kier molecular flexibility index (Phi) is 7.36. The summed E-state index contributed by atoms with van der Waals surface area (Å²) < 4.78 is 1.84. The number of Topliss-reactive ketones (excluding diaryl/α,β-unsaturated/α-hetero) is 1. The molecule has 0 spiro atoms. The van der Waals surface area contributed by atoms with E-state index in [9.17, 15) is 9.59 Å². The van der Waals surface area contributed by atoms with Gasteiger partial charge in [0.05, 0.1) is 10.3 Å². The highest BCUT2D eigenvalue weighted by Crippen LogP contribution is 2.37. The van der Waals surface area contributed by atoms with Crippen molar-refractivity contribution >= 4 is 27.3 Å². The topological polar surface area (TPSA) is 55.2 Å². The first kappa shape index (κ1) is 21.4. The molecule has 0 fully saturated rings. The van der Waals surface area contributed by atoms with E-state index < -0.39 is 0 Å². The van der Waals surface area contributed by atoms with Crippen LogP contribution in [0.5, 0.6) is 0 Å². The van der Waals surface area contributed by atoms with Crippen molar-refractivity contribution in [2.24, 2.45) is 5.92 Å². The highest BCUT2D eigenvalue weighted by atomic mass is 32.1. The predicted octanol–water partition coefficient (Wildman–Crippen LogP) is 4.28. The minimum absolute atomic E-state index is 0.0175. The highest BCUT2D eigenvalue weighted by molar-refractivity contribution is 7.20. The van der Waals surface area contributed by atoms with Crippen LogP contribution in [0.4, 0.5) is 0 Å². The van der Waals surface area contributed by atoms with Gasteiger partial charge in [0.25, 0.3) is 5.56 Å². The molecule has 0 saturated carbocycles. The summed E-state index contributed by atoms with van der Waals surface area (Å²) in [5, 5.41) is 0.716. The lowest BCUT2D eigenvalue weighted by molar-refractivity contribution is 0.0949. The van der Waals surface area contributed by atoms with Gasteiger partial charge >= 0.3 is 0 Å². The molecule has 0 radical (unpaired) electrons. The van der Waals surface area contributed by atoms with Crippen molar-refractivity contribution in [3.63, 3.8) is 0 Å². The Morgan fingerprint density at radius 3 is 2.52 bits per heavy atom. The monoisotopic (exact) mass is 389 g/mol. The van der Waals surface area contributed by atoms with Crippen LogP contribution >= 0.6 is 11.3 Å². The van der Waals surface area contributed by atoms with E-state index >= 15 is 0 Å². The molecule has 1 atom stereocenters. The van der Waals surface area contributed by atoms with Crippen molar-refractivity contribution in [2.45, 2.75) is 59.4 Å². The van der Waals surface area contributed by atoms with Gasteiger partial charge in [0.2, 0.25) is 0 Å². The maximum absolute atomic E-state index is 12.8. The summed E-state index contributed by atoms with van der Waals surface area (Å²) in [6.45, 7) is 10.2. The first-order chi connectivity index (χ1) is 12.9.